The number of hydrogen-bond donors (Lipinski definition) is 0. The van der Waals surface area contributed by atoms with Crippen LogP contribution >= 0.6 is 0 Å². The summed E-state index contributed by atoms with van der Waals surface area (Å²) in [4.78, 5) is 12.3. The fourth-order valence-corrected chi connectivity index (χ4v) is 5.30. The van der Waals surface area contributed by atoms with Crippen LogP contribution in [-0.4, -0.2) is 27.8 Å². The average molecular weight is 462 g/mol. The molecule has 0 bridgehead atoms. The van der Waals surface area contributed by atoms with E-state index < -0.39 is 64.9 Å². The van der Waals surface area contributed by atoms with Crippen molar-refractivity contribution in [2.75, 3.05) is 0 Å². The predicted molar refractivity (Wildman–Crippen MR) is 95.5 cm³/mol. The molecule has 5 rings (SSSR count). The van der Waals surface area contributed by atoms with E-state index in [2.05, 4.69) is 5.10 Å². The number of halogens is 7. The summed E-state index contributed by atoms with van der Waals surface area (Å²) >= 11 is 0. The van der Waals surface area contributed by atoms with Gasteiger partial charge in [-0.15, -0.1) is 0 Å². The van der Waals surface area contributed by atoms with Crippen LogP contribution in [0.15, 0.2) is 30.3 Å². The average Bonchev–Trinajstić information content (AvgIpc) is 3.17. The lowest BCUT2D eigenvalue weighted by Gasteiger charge is -2.57. The Balaban J connectivity index is 1.48. The molecule has 11 heteroatoms. The summed E-state index contributed by atoms with van der Waals surface area (Å²) < 4.78 is 103. The van der Waals surface area contributed by atoms with E-state index in [1.54, 1.807) is 6.07 Å². The van der Waals surface area contributed by atoms with Crippen molar-refractivity contribution in [3.63, 3.8) is 0 Å². The number of ether oxygens (including phenoxy) is 1. The van der Waals surface area contributed by atoms with E-state index in [1.807, 2.05) is 0 Å². The molecule has 0 aliphatic heterocycles. The van der Waals surface area contributed by atoms with Crippen LogP contribution in [0.4, 0.5) is 30.7 Å². The fourth-order valence-electron chi connectivity index (χ4n) is 5.30. The molecular weight excluding hydrogens is 445 g/mol. The van der Waals surface area contributed by atoms with Crippen molar-refractivity contribution in [3.05, 3.63) is 52.8 Å². The van der Waals surface area contributed by atoms with Crippen molar-refractivity contribution in [1.29, 1.82) is 0 Å². The maximum absolute atomic E-state index is 14.9. The van der Waals surface area contributed by atoms with Crippen molar-refractivity contribution < 1.29 is 40.3 Å². The van der Waals surface area contributed by atoms with E-state index >= 15 is 0 Å². The third-order valence-electron chi connectivity index (χ3n) is 6.56. The molecule has 1 spiro atoms. The largest absolute Gasteiger partial charge is 0.450 e. The van der Waals surface area contributed by atoms with Gasteiger partial charge in [0.05, 0.1) is 22.9 Å². The first-order valence-corrected chi connectivity index (χ1v) is 10.0. The van der Waals surface area contributed by atoms with Crippen LogP contribution in [0.1, 0.15) is 71.3 Å². The molecule has 0 saturated heterocycles. The molecular formula is C21H17F7N2O2. The molecule has 2 saturated carbocycles. The molecule has 1 heterocycles. The highest BCUT2D eigenvalue weighted by Gasteiger charge is 2.63. The zero-order chi connectivity index (χ0) is 23.1. The van der Waals surface area contributed by atoms with Gasteiger partial charge in [0.25, 0.3) is 0 Å². The fraction of sp³-hybridized carbons (Fsp3) is 0.524. The first-order chi connectivity index (χ1) is 14.9. The SMILES string of the molecule is O=C(O[C@H]1c2c(C(F)(F)F)nn(C3CC4(C3)CC(F)(F)C4)c2[C@@H](F)[C@H]1F)c1ccccc1. The Morgan fingerprint density at radius 2 is 1.72 bits per heavy atom. The number of alkyl halides is 7. The van der Waals surface area contributed by atoms with Crippen LogP contribution in [0.25, 0.3) is 0 Å². The van der Waals surface area contributed by atoms with Crippen LogP contribution in [-0.2, 0) is 10.9 Å². The van der Waals surface area contributed by atoms with E-state index in [9.17, 15) is 35.5 Å². The van der Waals surface area contributed by atoms with Crippen LogP contribution in [0, 0.1) is 5.41 Å². The van der Waals surface area contributed by atoms with Gasteiger partial charge in [-0.2, -0.15) is 18.3 Å². The third-order valence-corrected chi connectivity index (χ3v) is 6.56. The number of esters is 1. The van der Waals surface area contributed by atoms with E-state index in [4.69, 9.17) is 4.74 Å². The Morgan fingerprint density at radius 3 is 2.28 bits per heavy atom. The lowest BCUT2D eigenvalue weighted by Crippen LogP contribution is -2.54. The second-order valence-corrected chi connectivity index (χ2v) is 8.90. The van der Waals surface area contributed by atoms with Crippen molar-refractivity contribution >= 4 is 5.97 Å². The highest BCUT2D eigenvalue weighted by molar-refractivity contribution is 5.89. The second kappa shape index (κ2) is 6.71. The molecule has 2 aromatic rings. The first kappa shape index (κ1) is 21.3. The lowest BCUT2D eigenvalue weighted by atomic mass is 9.52. The highest BCUT2D eigenvalue weighted by atomic mass is 19.4. The van der Waals surface area contributed by atoms with Gasteiger partial charge in [0.15, 0.2) is 24.1 Å². The summed E-state index contributed by atoms with van der Waals surface area (Å²) in [7, 11) is 0. The molecule has 2 fully saturated rings. The van der Waals surface area contributed by atoms with Crippen LogP contribution in [0.3, 0.4) is 0 Å². The summed E-state index contributed by atoms with van der Waals surface area (Å²) in [6.07, 6.45) is -12.8. The second-order valence-electron chi connectivity index (χ2n) is 8.90. The molecule has 32 heavy (non-hydrogen) atoms. The minimum Gasteiger partial charge on any atom is -0.450 e. The van der Waals surface area contributed by atoms with Crippen LogP contribution in [0.5, 0.6) is 0 Å². The molecule has 3 aliphatic carbocycles. The number of rotatable bonds is 3. The Bertz CT molecular complexity index is 1050. The van der Waals surface area contributed by atoms with Crippen molar-refractivity contribution in [3.8, 4) is 0 Å². The molecule has 1 aromatic heterocycles. The Morgan fingerprint density at radius 1 is 1.09 bits per heavy atom. The summed E-state index contributed by atoms with van der Waals surface area (Å²) in [6.45, 7) is 0. The van der Waals surface area contributed by atoms with Gasteiger partial charge in [-0.3, -0.25) is 4.68 Å². The number of carbonyl (C=O) groups excluding carboxylic acids is 1. The summed E-state index contributed by atoms with van der Waals surface area (Å²) in [6, 6.07) is 6.46. The summed E-state index contributed by atoms with van der Waals surface area (Å²) in [5.74, 6) is -3.91. The van der Waals surface area contributed by atoms with E-state index in [0.29, 0.717) is 0 Å². The Hall–Kier alpha value is -2.59. The van der Waals surface area contributed by atoms with Crippen molar-refractivity contribution in [2.45, 2.75) is 62.3 Å². The van der Waals surface area contributed by atoms with Crippen LogP contribution in [0.2, 0.25) is 0 Å². The number of benzene rings is 1. The lowest BCUT2D eigenvalue weighted by molar-refractivity contribution is -0.205. The van der Waals surface area contributed by atoms with E-state index in [-0.39, 0.29) is 31.2 Å². The number of aromatic nitrogens is 2. The van der Waals surface area contributed by atoms with Gasteiger partial charge < -0.3 is 4.74 Å². The quantitative estimate of drug-likeness (QED) is 0.421. The standard InChI is InChI=1S/C21H17F7N2O2/c22-13-14(23)16(32-18(31)10-4-2-1-3-5-10)12-15(13)30(29-17(12)21(26,27)28)11-6-19(7-11)8-20(24,25)9-19/h1-5,11,13-14,16H,6-9H2/t13-,14+,16-/m0/s1. The number of nitrogens with zero attached hydrogens (tertiary/aromatic N) is 2. The molecule has 0 unspecified atom stereocenters. The minimum absolute atomic E-state index is 0.0312. The van der Waals surface area contributed by atoms with Gasteiger partial charge >= 0.3 is 12.1 Å². The molecule has 1 aromatic carbocycles. The monoisotopic (exact) mass is 462 g/mol. The number of fused-ring (bicyclic) bond motifs is 1. The van der Waals surface area contributed by atoms with Gasteiger partial charge in [0.2, 0.25) is 5.92 Å². The molecule has 4 nitrogen and oxygen atoms in total. The maximum Gasteiger partial charge on any atom is 0.435 e. The number of carbonyl (C=O) groups is 1. The van der Waals surface area contributed by atoms with E-state index in [1.165, 1.54) is 24.3 Å². The molecule has 3 atom stereocenters. The topological polar surface area (TPSA) is 44.1 Å². The molecule has 3 aliphatic rings. The Labute approximate surface area is 177 Å². The zero-order valence-electron chi connectivity index (χ0n) is 16.4. The van der Waals surface area contributed by atoms with Gasteiger partial charge in [-0.25, -0.2) is 22.4 Å². The third kappa shape index (κ3) is 3.19. The Kier molecular flexibility index (Phi) is 4.46. The van der Waals surface area contributed by atoms with Crippen molar-refractivity contribution in [2.24, 2.45) is 5.41 Å². The van der Waals surface area contributed by atoms with Gasteiger partial charge in [-0.05, 0) is 30.4 Å². The zero-order valence-corrected chi connectivity index (χ0v) is 16.4. The summed E-state index contributed by atoms with van der Waals surface area (Å²) in [5, 5.41) is 3.51. The van der Waals surface area contributed by atoms with Gasteiger partial charge in [-0.1, -0.05) is 18.2 Å². The van der Waals surface area contributed by atoms with Gasteiger partial charge in [0.1, 0.15) is 0 Å². The minimum atomic E-state index is -5.05. The predicted octanol–water partition coefficient (Wildman–Crippen LogP) is 5.91. The number of hydrogen-bond acceptors (Lipinski definition) is 3. The molecule has 0 radical (unpaired) electrons. The smallest absolute Gasteiger partial charge is 0.435 e. The molecule has 0 N–H and O–H groups in total. The van der Waals surface area contributed by atoms with Crippen LogP contribution < -0.4 is 0 Å². The maximum atomic E-state index is 14.9. The molecule has 172 valence electrons. The first-order valence-electron chi connectivity index (χ1n) is 10.0. The normalized spacial score (nSPS) is 28.2. The molecule has 0 amide bonds. The summed E-state index contributed by atoms with van der Waals surface area (Å²) in [5.41, 5.74) is -3.75. The van der Waals surface area contributed by atoms with E-state index in [0.717, 1.165) is 4.68 Å². The van der Waals surface area contributed by atoms with Crippen molar-refractivity contribution in [1.82, 2.24) is 9.78 Å². The highest BCUT2D eigenvalue weighted by Crippen LogP contribution is 2.66. The van der Waals surface area contributed by atoms with Gasteiger partial charge in [0, 0.05) is 12.8 Å².